The van der Waals surface area contributed by atoms with Crippen LogP contribution in [0.3, 0.4) is 0 Å². The van der Waals surface area contributed by atoms with Gasteiger partial charge in [-0.25, -0.2) is 9.67 Å². The number of carbonyl (C=O) groups is 2. The molecule has 1 N–H and O–H groups in total. The third kappa shape index (κ3) is 3.76. The highest BCUT2D eigenvalue weighted by atomic mass is 16.2. The summed E-state index contributed by atoms with van der Waals surface area (Å²) in [4.78, 5) is 31.6. The van der Waals surface area contributed by atoms with E-state index >= 15 is 0 Å². The van der Waals surface area contributed by atoms with Crippen LogP contribution in [0.2, 0.25) is 0 Å². The first-order chi connectivity index (χ1) is 14.0. The number of aryl methyl sites for hydroxylation is 2. The molecule has 7 heteroatoms. The number of pyridine rings is 1. The first-order valence-electron chi connectivity index (χ1n) is 9.65. The van der Waals surface area contributed by atoms with Crippen LogP contribution in [0.1, 0.15) is 23.1 Å². The van der Waals surface area contributed by atoms with Gasteiger partial charge < -0.3 is 10.2 Å². The highest BCUT2D eigenvalue weighted by Gasteiger charge is 2.37. The zero-order valence-corrected chi connectivity index (χ0v) is 16.5. The Hall–Kier alpha value is -3.48. The van der Waals surface area contributed by atoms with E-state index in [0.717, 1.165) is 16.8 Å². The molecule has 3 heterocycles. The number of benzene rings is 1. The first kappa shape index (κ1) is 18.9. The van der Waals surface area contributed by atoms with Gasteiger partial charge in [-0.05, 0) is 55.7 Å². The summed E-state index contributed by atoms with van der Waals surface area (Å²) in [5.74, 6) is -0.408. The molecule has 1 aromatic carbocycles. The smallest absolute Gasteiger partial charge is 0.239 e. The van der Waals surface area contributed by atoms with Crippen molar-refractivity contribution >= 4 is 17.5 Å². The number of hydrogen-bond donors (Lipinski definition) is 1. The van der Waals surface area contributed by atoms with Crippen LogP contribution < -0.4 is 10.2 Å². The van der Waals surface area contributed by atoms with E-state index in [9.17, 15) is 9.59 Å². The normalized spacial score (nSPS) is 16.3. The van der Waals surface area contributed by atoms with Crippen molar-refractivity contribution in [2.45, 2.75) is 26.8 Å². The molecule has 1 unspecified atom stereocenters. The zero-order chi connectivity index (χ0) is 20.4. The predicted molar refractivity (Wildman–Crippen MR) is 110 cm³/mol. The minimum absolute atomic E-state index is 0.149. The maximum Gasteiger partial charge on any atom is 0.239 e. The Labute approximate surface area is 169 Å². The van der Waals surface area contributed by atoms with Gasteiger partial charge in [0.25, 0.3) is 0 Å². The summed E-state index contributed by atoms with van der Waals surface area (Å²) < 4.78 is 1.66. The molecule has 1 fully saturated rings. The second-order valence-corrected chi connectivity index (χ2v) is 7.25. The molecule has 1 aliphatic rings. The fourth-order valence-corrected chi connectivity index (χ4v) is 3.55. The molecular weight excluding hydrogens is 366 g/mol. The van der Waals surface area contributed by atoms with E-state index in [1.54, 1.807) is 28.2 Å². The number of anilines is 1. The number of amides is 2. The predicted octanol–water partition coefficient (Wildman–Crippen LogP) is 2.55. The van der Waals surface area contributed by atoms with Crippen LogP contribution in [0.25, 0.3) is 5.82 Å². The van der Waals surface area contributed by atoms with Crippen molar-refractivity contribution in [2.24, 2.45) is 5.92 Å². The largest absolute Gasteiger partial charge is 0.351 e. The molecule has 1 atom stereocenters. The molecule has 0 saturated carbocycles. The quantitative estimate of drug-likeness (QED) is 0.680. The molecule has 148 valence electrons. The Morgan fingerprint density at radius 1 is 1.17 bits per heavy atom. The number of rotatable bonds is 5. The van der Waals surface area contributed by atoms with Crippen molar-refractivity contribution in [3.63, 3.8) is 0 Å². The highest BCUT2D eigenvalue weighted by molar-refractivity contribution is 6.09. The SMILES string of the molecule is Cc1ccc(N2CCC(C(=O)NCc3cccnc3-n3cccn3)C2=O)cc1C. The molecular formula is C22H23N5O2. The van der Waals surface area contributed by atoms with E-state index in [0.29, 0.717) is 18.8 Å². The Balaban J connectivity index is 1.44. The summed E-state index contributed by atoms with van der Waals surface area (Å²) in [5, 5.41) is 7.10. The second kappa shape index (κ2) is 7.87. The third-order valence-corrected chi connectivity index (χ3v) is 5.37. The van der Waals surface area contributed by atoms with Gasteiger partial charge in [0, 0.05) is 42.9 Å². The summed E-state index contributed by atoms with van der Waals surface area (Å²) in [5.41, 5.74) is 3.99. The van der Waals surface area contributed by atoms with Gasteiger partial charge in [0.1, 0.15) is 5.92 Å². The first-order valence-corrected chi connectivity index (χ1v) is 9.65. The standard InChI is InChI=1S/C22H23N5O2/c1-15-6-7-18(13-16(15)2)26-12-8-19(22(26)29)21(28)24-14-17-5-3-9-23-20(17)27-11-4-10-25-27/h3-7,9-11,13,19H,8,12,14H2,1-2H3,(H,24,28). The Bertz CT molecular complexity index is 1050. The lowest BCUT2D eigenvalue weighted by Gasteiger charge is -2.18. The zero-order valence-electron chi connectivity index (χ0n) is 16.5. The number of nitrogens with zero attached hydrogens (tertiary/aromatic N) is 4. The molecule has 1 saturated heterocycles. The Kier molecular flexibility index (Phi) is 5.12. The Morgan fingerprint density at radius 2 is 2.03 bits per heavy atom. The minimum Gasteiger partial charge on any atom is -0.351 e. The number of hydrogen-bond acceptors (Lipinski definition) is 4. The summed E-state index contributed by atoms with van der Waals surface area (Å²) >= 11 is 0. The molecule has 4 rings (SSSR count). The number of aromatic nitrogens is 3. The van der Waals surface area contributed by atoms with Gasteiger partial charge in [-0.3, -0.25) is 9.59 Å². The second-order valence-electron chi connectivity index (χ2n) is 7.25. The van der Waals surface area contributed by atoms with Crippen LogP contribution in [-0.2, 0) is 16.1 Å². The maximum absolute atomic E-state index is 12.8. The molecule has 0 radical (unpaired) electrons. The van der Waals surface area contributed by atoms with E-state index in [4.69, 9.17) is 0 Å². The summed E-state index contributed by atoms with van der Waals surface area (Å²) in [6.45, 7) is 4.89. The van der Waals surface area contributed by atoms with Gasteiger partial charge in [-0.1, -0.05) is 12.1 Å². The molecule has 0 aliphatic carbocycles. The molecule has 2 amide bonds. The van der Waals surface area contributed by atoms with Crippen LogP contribution in [0.5, 0.6) is 0 Å². The van der Waals surface area contributed by atoms with E-state index in [1.807, 2.05) is 50.2 Å². The van der Waals surface area contributed by atoms with Crippen LogP contribution in [0.15, 0.2) is 55.0 Å². The lowest BCUT2D eigenvalue weighted by Crippen LogP contribution is -2.36. The van der Waals surface area contributed by atoms with Crippen molar-refractivity contribution in [1.82, 2.24) is 20.1 Å². The van der Waals surface area contributed by atoms with Gasteiger partial charge >= 0.3 is 0 Å². The van der Waals surface area contributed by atoms with Crippen molar-refractivity contribution in [1.29, 1.82) is 0 Å². The Morgan fingerprint density at radius 3 is 2.79 bits per heavy atom. The van der Waals surface area contributed by atoms with E-state index < -0.39 is 5.92 Å². The van der Waals surface area contributed by atoms with E-state index in [-0.39, 0.29) is 18.4 Å². The molecule has 29 heavy (non-hydrogen) atoms. The van der Waals surface area contributed by atoms with Gasteiger partial charge in [0.15, 0.2) is 5.82 Å². The molecule has 0 bridgehead atoms. The molecule has 0 spiro atoms. The third-order valence-electron chi connectivity index (χ3n) is 5.37. The van der Waals surface area contributed by atoms with E-state index in [2.05, 4.69) is 15.4 Å². The van der Waals surface area contributed by atoms with Crippen molar-refractivity contribution in [3.8, 4) is 5.82 Å². The van der Waals surface area contributed by atoms with Crippen molar-refractivity contribution in [2.75, 3.05) is 11.4 Å². The molecule has 2 aromatic heterocycles. The minimum atomic E-state index is -0.665. The molecule has 1 aliphatic heterocycles. The fourth-order valence-electron chi connectivity index (χ4n) is 3.55. The van der Waals surface area contributed by atoms with Crippen LogP contribution in [0, 0.1) is 19.8 Å². The lowest BCUT2D eigenvalue weighted by molar-refractivity contribution is -0.132. The summed E-state index contributed by atoms with van der Waals surface area (Å²) in [6, 6.07) is 11.5. The molecule has 7 nitrogen and oxygen atoms in total. The van der Waals surface area contributed by atoms with Gasteiger partial charge in [-0.15, -0.1) is 0 Å². The topological polar surface area (TPSA) is 80.1 Å². The van der Waals surface area contributed by atoms with Crippen molar-refractivity contribution in [3.05, 3.63) is 71.7 Å². The average Bonchev–Trinajstić information content (AvgIpc) is 3.38. The average molecular weight is 389 g/mol. The molecule has 3 aromatic rings. The van der Waals surface area contributed by atoms with Crippen molar-refractivity contribution < 1.29 is 9.59 Å². The van der Waals surface area contributed by atoms with Gasteiger partial charge in [0.2, 0.25) is 11.8 Å². The van der Waals surface area contributed by atoms with Gasteiger partial charge in [0.05, 0.1) is 0 Å². The van der Waals surface area contributed by atoms with Crippen LogP contribution in [0.4, 0.5) is 5.69 Å². The lowest BCUT2D eigenvalue weighted by atomic mass is 10.1. The number of carbonyl (C=O) groups excluding carboxylic acids is 2. The van der Waals surface area contributed by atoms with Crippen LogP contribution >= 0.6 is 0 Å². The fraction of sp³-hybridized carbons (Fsp3) is 0.273. The summed E-state index contributed by atoms with van der Waals surface area (Å²) in [7, 11) is 0. The number of nitrogens with one attached hydrogen (secondary N) is 1. The highest BCUT2D eigenvalue weighted by Crippen LogP contribution is 2.27. The van der Waals surface area contributed by atoms with Crippen LogP contribution in [-0.4, -0.2) is 33.1 Å². The van der Waals surface area contributed by atoms with Gasteiger partial charge in [-0.2, -0.15) is 5.10 Å². The summed E-state index contributed by atoms with van der Waals surface area (Å²) in [6.07, 6.45) is 5.67. The van der Waals surface area contributed by atoms with E-state index in [1.165, 1.54) is 5.56 Å². The maximum atomic E-state index is 12.8. The monoisotopic (exact) mass is 389 g/mol.